The van der Waals surface area contributed by atoms with Crippen LogP contribution in [0.2, 0.25) is 0 Å². The van der Waals surface area contributed by atoms with Crippen LogP contribution in [0.25, 0.3) is 0 Å². The Balaban J connectivity index is 0. The summed E-state index contributed by atoms with van der Waals surface area (Å²) in [6.45, 7) is 0. The fourth-order valence-electron chi connectivity index (χ4n) is 0. The molecule has 0 saturated carbocycles. The van der Waals surface area contributed by atoms with Crippen molar-refractivity contribution in [2.45, 2.75) is 10.1 Å². The zero-order valence-corrected chi connectivity index (χ0v) is 7.18. The van der Waals surface area contributed by atoms with Crippen molar-refractivity contribution in [3.05, 3.63) is 0 Å². The summed E-state index contributed by atoms with van der Waals surface area (Å²) in [5, 5.41) is 7.91. The maximum absolute atomic E-state index is 11.1. The quantitative estimate of drug-likeness (QED) is 0.649. The minimum atomic E-state index is -4.82. The smallest absolute Gasteiger partial charge is 0.359 e. The van der Waals surface area contributed by atoms with E-state index in [2.05, 4.69) is 11.6 Å². The molecule has 1 N–H and O–H groups in total. The minimum Gasteiger partial charge on any atom is -0.359 e. The summed E-state index contributed by atoms with van der Waals surface area (Å²) in [5.41, 5.74) is 0. The molecule has 0 aromatic heterocycles. The van der Waals surface area contributed by atoms with Crippen molar-refractivity contribution in [2.75, 3.05) is 0 Å². The Bertz CT molecular complexity index is 76.8. The molecular weight excluding hydrogens is 244 g/mol. The lowest BCUT2D eigenvalue weighted by Gasteiger charge is -2.15. The third-order valence-corrected chi connectivity index (χ3v) is 1.00. The van der Waals surface area contributed by atoms with Crippen LogP contribution in [0.4, 0.5) is 13.2 Å². The summed E-state index contributed by atoms with van der Waals surface area (Å²) in [6.07, 6.45) is -4.82. The largest absolute Gasteiger partial charge is 0.442 e. The summed E-state index contributed by atoms with van der Waals surface area (Å²) < 4.78 is 30.1. The van der Waals surface area contributed by atoms with Crippen molar-refractivity contribution in [2.24, 2.45) is 0 Å². The second kappa shape index (κ2) is 3.32. The number of hydrogen-bond donors (Lipinski definition) is 1. The first kappa shape index (κ1) is 12.5. The number of alkyl halides is 5. The van der Waals surface area contributed by atoms with Crippen LogP contribution < -0.4 is 0 Å². The Morgan fingerprint density at radius 3 is 1.44 bits per heavy atom. The van der Waals surface area contributed by atoms with Gasteiger partial charge in [-0.2, -0.15) is 26.7 Å². The van der Waals surface area contributed by atoms with Gasteiger partial charge in [-0.1, -0.05) is 11.6 Å². The van der Waals surface area contributed by atoms with E-state index in [9.17, 15) is 13.2 Å². The summed E-state index contributed by atoms with van der Waals surface area (Å²) >= 11 is 6.15. The fourth-order valence-corrected chi connectivity index (χ4v) is 0. The van der Waals surface area contributed by atoms with Crippen LogP contribution in [0.15, 0.2) is 0 Å². The van der Waals surface area contributed by atoms with Gasteiger partial charge in [0.05, 0.1) is 0 Å². The second-order valence-corrected chi connectivity index (χ2v) is 3.19. The van der Waals surface area contributed by atoms with Gasteiger partial charge >= 0.3 is 6.18 Å². The van der Waals surface area contributed by atoms with Crippen LogP contribution >= 0.6 is 41.0 Å². The van der Waals surface area contributed by atoms with Gasteiger partial charge in [-0.05, 0) is 15.9 Å². The van der Waals surface area contributed by atoms with E-state index in [0.717, 1.165) is 0 Å². The first-order valence-corrected chi connectivity index (χ1v) is 2.59. The van der Waals surface area contributed by atoms with Gasteiger partial charge in [0.25, 0.3) is 3.97 Å². The van der Waals surface area contributed by atoms with E-state index in [1.54, 1.807) is 15.9 Å². The van der Waals surface area contributed by atoms with E-state index >= 15 is 0 Å². The van der Waals surface area contributed by atoms with Crippen molar-refractivity contribution in [3.8, 4) is 0 Å². The van der Waals surface area contributed by atoms with Gasteiger partial charge in [0, 0.05) is 0 Å². The van der Waals surface area contributed by atoms with Gasteiger partial charge in [0.1, 0.15) is 0 Å². The van der Waals surface area contributed by atoms with Crippen molar-refractivity contribution in [3.63, 3.8) is 0 Å². The molecular formula is C2H3BrClF3OS. The standard InChI is InChI=1S/C2HBrClF3O.H2S/c3-1(4,8)2(5,6)7;/h8H;1H2. The summed E-state index contributed by atoms with van der Waals surface area (Å²) in [5.74, 6) is 0. The van der Waals surface area contributed by atoms with E-state index in [0.29, 0.717) is 0 Å². The molecule has 0 rings (SSSR count). The Hall–Kier alpha value is 0.870. The molecule has 1 atom stereocenters. The lowest BCUT2D eigenvalue weighted by molar-refractivity contribution is -0.187. The highest BCUT2D eigenvalue weighted by Gasteiger charge is 2.50. The number of hydrogen-bond acceptors (Lipinski definition) is 1. The molecule has 0 saturated heterocycles. The van der Waals surface area contributed by atoms with Crippen molar-refractivity contribution in [1.29, 1.82) is 0 Å². The average Bonchev–Trinajstić information content (AvgIpc) is 1.25. The van der Waals surface area contributed by atoms with Crippen molar-refractivity contribution in [1.82, 2.24) is 0 Å². The molecule has 1 unspecified atom stereocenters. The van der Waals surface area contributed by atoms with Crippen LogP contribution in [0, 0.1) is 0 Å². The lowest BCUT2D eigenvalue weighted by Crippen LogP contribution is -2.32. The molecule has 58 valence electrons. The van der Waals surface area contributed by atoms with E-state index in [1.807, 2.05) is 0 Å². The summed E-state index contributed by atoms with van der Waals surface area (Å²) in [4.78, 5) is 0. The molecule has 1 nitrogen and oxygen atoms in total. The first-order valence-electron chi connectivity index (χ1n) is 1.42. The molecule has 0 bridgehead atoms. The van der Waals surface area contributed by atoms with Crippen LogP contribution in [-0.4, -0.2) is 15.3 Å². The SMILES string of the molecule is OC(Cl)(Br)C(F)(F)F.S. The molecule has 0 aromatic rings. The second-order valence-electron chi connectivity index (χ2n) is 1.04. The highest BCUT2D eigenvalue weighted by molar-refractivity contribution is 9.10. The third-order valence-electron chi connectivity index (χ3n) is 0.341. The van der Waals surface area contributed by atoms with E-state index in [-0.39, 0.29) is 13.5 Å². The molecule has 0 heterocycles. The average molecular weight is 247 g/mol. The molecule has 0 aromatic carbocycles. The predicted octanol–water partition coefficient (Wildman–Crippen LogP) is 1.94. The third kappa shape index (κ3) is 4.30. The first-order chi connectivity index (χ1) is 3.25. The Labute approximate surface area is 69.8 Å². The van der Waals surface area contributed by atoms with Gasteiger partial charge in [0.15, 0.2) is 0 Å². The molecule has 0 aliphatic carbocycles. The number of aliphatic hydroxyl groups is 1. The minimum absolute atomic E-state index is 0. The fraction of sp³-hybridized carbons (Fsp3) is 1.00. The van der Waals surface area contributed by atoms with Crippen LogP contribution in [-0.2, 0) is 0 Å². The number of rotatable bonds is 0. The highest BCUT2D eigenvalue weighted by atomic mass is 79.9. The number of halogens is 5. The van der Waals surface area contributed by atoms with Crippen LogP contribution in [0.5, 0.6) is 0 Å². The molecule has 0 aliphatic heterocycles. The van der Waals surface area contributed by atoms with E-state index in [4.69, 9.17) is 5.11 Å². The molecule has 9 heavy (non-hydrogen) atoms. The lowest BCUT2D eigenvalue weighted by atomic mass is 10.7. The molecule has 7 heteroatoms. The Kier molecular flexibility index (Phi) is 4.62. The zero-order valence-electron chi connectivity index (χ0n) is 3.84. The summed E-state index contributed by atoms with van der Waals surface area (Å²) in [7, 11) is 0. The maximum atomic E-state index is 11.1. The maximum Gasteiger partial charge on any atom is 0.442 e. The molecule has 0 fully saturated rings. The molecule has 0 amide bonds. The van der Waals surface area contributed by atoms with Gasteiger partial charge in [-0.3, -0.25) is 0 Å². The zero-order chi connectivity index (χ0) is 7.00. The van der Waals surface area contributed by atoms with Gasteiger partial charge in [0.2, 0.25) is 0 Å². The van der Waals surface area contributed by atoms with Crippen LogP contribution in [0.3, 0.4) is 0 Å². The highest BCUT2D eigenvalue weighted by Crippen LogP contribution is 2.38. The van der Waals surface area contributed by atoms with Gasteiger partial charge in [-0.15, -0.1) is 0 Å². The monoisotopic (exact) mass is 246 g/mol. The normalized spacial score (nSPS) is 18.0. The van der Waals surface area contributed by atoms with Crippen molar-refractivity contribution >= 4 is 41.0 Å². The Morgan fingerprint density at radius 1 is 1.33 bits per heavy atom. The topological polar surface area (TPSA) is 20.2 Å². The molecule has 0 aliphatic rings. The molecule has 0 radical (unpaired) electrons. The Morgan fingerprint density at radius 2 is 1.44 bits per heavy atom. The van der Waals surface area contributed by atoms with E-state index < -0.39 is 10.1 Å². The van der Waals surface area contributed by atoms with Gasteiger partial charge in [-0.25, -0.2) is 0 Å². The van der Waals surface area contributed by atoms with Crippen molar-refractivity contribution < 1.29 is 18.3 Å². The van der Waals surface area contributed by atoms with Gasteiger partial charge < -0.3 is 5.11 Å². The molecule has 0 spiro atoms. The van der Waals surface area contributed by atoms with Crippen LogP contribution in [0.1, 0.15) is 0 Å². The predicted molar refractivity (Wildman–Crippen MR) is 36.2 cm³/mol. The summed E-state index contributed by atoms with van der Waals surface area (Å²) in [6, 6.07) is 0. The van der Waals surface area contributed by atoms with E-state index in [1.165, 1.54) is 0 Å².